The first-order valence-electron chi connectivity index (χ1n) is 7.50. The Morgan fingerprint density at radius 1 is 1.00 bits per heavy atom. The van der Waals surface area contributed by atoms with Crippen LogP contribution in [0.3, 0.4) is 0 Å². The Hall–Kier alpha value is -2.80. The molecule has 2 aromatic carbocycles. The van der Waals surface area contributed by atoms with Crippen molar-refractivity contribution in [3.05, 3.63) is 70.9 Å². The summed E-state index contributed by atoms with van der Waals surface area (Å²) in [6.07, 6.45) is 2.16. The summed E-state index contributed by atoms with van der Waals surface area (Å²) in [4.78, 5) is 4.23. The number of nitrogens with one attached hydrogen (secondary N) is 2. The maximum absolute atomic E-state index is 13.2. The van der Waals surface area contributed by atoms with Crippen LogP contribution >= 0.6 is 11.6 Å². The lowest BCUT2D eigenvalue weighted by molar-refractivity contribution is 0.509. The largest absolute Gasteiger partial charge is 0.353 e. The highest BCUT2D eigenvalue weighted by atomic mass is 35.5. The second-order valence-electron chi connectivity index (χ2n) is 5.22. The number of halogens is 3. The minimum absolute atomic E-state index is 0.335. The van der Waals surface area contributed by atoms with Crippen LogP contribution in [0.2, 0.25) is 5.02 Å². The van der Waals surface area contributed by atoms with E-state index in [1.165, 1.54) is 12.3 Å². The highest BCUT2D eigenvalue weighted by Crippen LogP contribution is 2.17. The van der Waals surface area contributed by atoms with Gasteiger partial charge in [-0.1, -0.05) is 23.7 Å². The van der Waals surface area contributed by atoms with Gasteiger partial charge in [0.2, 0.25) is 5.95 Å². The Labute approximate surface area is 148 Å². The minimum Gasteiger partial charge on any atom is -0.353 e. The summed E-state index contributed by atoms with van der Waals surface area (Å²) in [7, 11) is 0. The fraction of sp³-hybridized carbons (Fsp3) is 0.118. The van der Waals surface area contributed by atoms with Crippen LogP contribution in [-0.4, -0.2) is 21.7 Å². The first-order chi connectivity index (χ1) is 12.1. The monoisotopic (exact) mass is 361 g/mol. The molecule has 0 aliphatic rings. The molecule has 0 aliphatic carbocycles. The summed E-state index contributed by atoms with van der Waals surface area (Å²) < 4.78 is 26.2. The van der Waals surface area contributed by atoms with Crippen LogP contribution in [-0.2, 0) is 6.42 Å². The Morgan fingerprint density at radius 2 is 1.80 bits per heavy atom. The molecular formula is C17H14ClF2N5. The normalized spacial score (nSPS) is 10.5. The fourth-order valence-electron chi connectivity index (χ4n) is 2.13. The van der Waals surface area contributed by atoms with E-state index in [0.29, 0.717) is 29.0 Å². The SMILES string of the molecule is Fc1ccc(Nc2cnnc(NCCc3ccc(Cl)cc3)n2)cc1F. The molecule has 3 rings (SSSR count). The molecule has 25 heavy (non-hydrogen) atoms. The molecule has 0 saturated carbocycles. The van der Waals surface area contributed by atoms with Gasteiger partial charge in [0.05, 0.1) is 6.20 Å². The molecule has 2 N–H and O–H groups in total. The molecule has 0 spiro atoms. The molecule has 0 bridgehead atoms. The van der Waals surface area contributed by atoms with Crippen molar-refractivity contribution >= 4 is 29.1 Å². The molecule has 5 nitrogen and oxygen atoms in total. The summed E-state index contributed by atoms with van der Waals surface area (Å²) in [5, 5.41) is 14.3. The van der Waals surface area contributed by atoms with Crippen molar-refractivity contribution in [3.63, 3.8) is 0 Å². The zero-order chi connectivity index (χ0) is 17.6. The molecular weight excluding hydrogens is 348 g/mol. The van der Waals surface area contributed by atoms with Crippen LogP contribution in [0.5, 0.6) is 0 Å². The lowest BCUT2D eigenvalue weighted by Gasteiger charge is -2.08. The van der Waals surface area contributed by atoms with Gasteiger partial charge < -0.3 is 10.6 Å². The Bertz CT molecular complexity index is 858. The third-order valence-electron chi connectivity index (χ3n) is 3.36. The average Bonchev–Trinajstić information content (AvgIpc) is 2.60. The molecule has 1 aromatic heterocycles. The van der Waals surface area contributed by atoms with E-state index in [9.17, 15) is 8.78 Å². The fourth-order valence-corrected chi connectivity index (χ4v) is 2.26. The molecule has 0 atom stereocenters. The quantitative estimate of drug-likeness (QED) is 0.689. The van der Waals surface area contributed by atoms with Gasteiger partial charge in [-0.3, -0.25) is 0 Å². The minimum atomic E-state index is -0.937. The zero-order valence-electron chi connectivity index (χ0n) is 13.0. The van der Waals surface area contributed by atoms with Crippen LogP contribution in [0, 0.1) is 11.6 Å². The number of benzene rings is 2. The van der Waals surface area contributed by atoms with Crippen LogP contribution in [0.4, 0.5) is 26.2 Å². The second kappa shape index (κ2) is 7.85. The van der Waals surface area contributed by atoms with Gasteiger partial charge in [-0.25, -0.2) is 8.78 Å². The highest BCUT2D eigenvalue weighted by molar-refractivity contribution is 6.30. The number of aromatic nitrogens is 3. The number of nitrogens with zero attached hydrogens (tertiary/aromatic N) is 3. The second-order valence-corrected chi connectivity index (χ2v) is 5.66. The molecule has 0 radical (unpaired) electrons. The van der Waals surface area contributed by atoms with Crippen molar-refractivity contribution in [1.29, 1.82) is 0 Å². The third-order valence-corrected chi connectivity index (χ3v) is 3.61. The number of hydrogen-bond donors (Lipinski definition) is 2. The lowest BCUT2D eigenvalue weighted by Crippen LogP contribution is -2.09. The van der Waals surface area contributed by atoms with E-state index in [1.54, 1.807) is 0 Å². The van der Waals surface area contributed by atoms with Crippen molar-refractivity contribution in [3.8, 4) is 0 Å². The molecule has 0 aliphatic heterocycles. The van der Waals surface area contributed by atoms with Crippen molar-refractivity contribution in [2.45, 2.75) is 6.42 Å². The summed E-state index contributed by atoms with van der Waals surface area (Å²) >= 11 is 5.85. The predicted molar refractivity (Wildman–Crippen MR) is 93.1 cm³/mol. The molecule has 1 heterocycles. The van der Waals surface area contributed by atoms with Crippen molar-refractivity contribution in [1.82, 2.24) is 15.2 Å². The number of anilines is 3. The third kappa shape index (κ3) is 4.84. The van der Waals surface area contributed by atoms with Gasteiger partial charge in [0.15, 0.2) is 17.5 Å². The van der Waals surface area contributed by atoms with E-state index in [-0.39, 0.29) is 0 Å². The van der Waals surface area contributed by atoms with Crippen LogP contribution in [0.1, 0.15) is 5.56 Å². The maximum atomic E-state index is 13.2. The first kappa shape index (κ1) is 17.0. The maximum Gasteiger partial charge on any atom is 0.244 e. The van der Waals surface area contributed by atoms with Gasteiger partial charge in [0, 0.05) is 23.3 Å². The summed E-state index contributed by atoms with van der Waals surface area (Å²) in [6.45, 7) is 0.609. The molecule has 3 aromatic rings. The van der Waals surface area contributed by atoms with Crippen LogP contribution < -0.4 is 10.6 Å². The van der Waals surface area contributed by atoms with Crippen LogP contribution in [0.15, 0.2) is 48.7 Å². The first-order valence-corrected chi connectivity index (χ1v) is 7.88. The van der Waals surface area contributed by atoms with Crippen LogP contribution in [0.25, 0.3) is 0 Å². The molecule has 8 heteroatoms. The van der Waals surface area contributed by atoms with E-state index in [4.69, 9.17) is 11.6 Å². The van der Waals surface area contributed by atoms with E-state index in [0.717, 1.165) is 24.1 Å². The lowest BCUT2D eigenvalue weighted by atomic mass is 10.1. The van der Waals surface area contributed by atoms with Gasteiger partial charge in [0.25, 0.3) is 0 Å². The zero-order valence-corrected chi connectivity index (χ0v) is 13.8. The average molecular weight is 362 g/mol. The van der Waals surface area contributed by atoms with E-state index >= 15 is 0 Å². The van der Waals surface area contributed by atoms with Gasteiger partial charge >= 0.3 is 0 Å². The Balaban J connectivity index is 1.59. The number of rotatable bonds is 6. The smallest absolute Gasteiger partial charge is 0.244 e. The number of hydrogen-bond acceptors (Lipinski definition) is 5. The Morgan fingerprint density at radius 3 is 2.56 bits per heavy atom. The van der Waals surface area contributed by atoms with E-state index in [1.807, 2.05) is 24.3 Å². The van der Waals surface area contributed by atoms with Gasteiger partial charge in [-0.2, -0.15) is 10.1 Å². The highest BCUT2D eigenvalue weighted by Gasteiger charge is 2.05. The van der Waals surface area contributed by atoms with Crippen molar-refractivity contribution < 1.29 is 8.78 Å². The van der Waals surface area contributed by atoms with Crippen molar-refractivity contribution in [2.75, 3.05) is 17.2 Å². The molecule has 128 valence electrons. The predicted octanol–water partition coefficient (Wildman–Crippen LogP) is 4.20. The molecule has 0 saturated heterocycles. The van der Waals surface area contributed by atoms with Gasteiger partial charge in [-0.05, 0) is 36.2 Å². The van der Waals surface area contributed by atoms with E-state index in [2.05, 4.69) is 25.8 Å². The van der Waals surface area contributed by atoms with Gasteiger partial charge in [0.1, 0.15) is 0 Å². The Kier molecular flexibility index (Phi) is 5.35. The summed E-state index contributed by atoms with van der Waals surface area (Å²) in [5.74, 6) is -1.14. The van der Waals surface area contributed by atoms with E-state index < -0.39 is 11.6 Å². The molecule has 0 unspecified atom stereocenters. The standard InChI is InChI=1S/C17H14ClF2N5/c18-12-3-1-11(2-4-12)7-8-21-17-24-16(10-22-25-17)23-13-5-6-14(19)15(20)9-13/h1-6,9-10H,7-8H2,(H2,21,23,24,25). The molecule has 0 amide bonds. The summed E-state index contributed by atoms with van der Waals surface area (Å²) in [6, 6.07) is 11.1. The summed E-state index contributed by atoms with van der Waals surface area (Å²) in [5.41, 5.74) is 1.49. The van der Waals surface area contributed by atoms with Gasteiger partial charge in [-0.15, -0.1) is 5.10 Å². The molecule has 0 fully saturated rings. The topological polar surface area (TPSA) is 62.7 Å². The van der Waals surface area contributed by atoms with Crippen molar-refractivity contribution in [2.24, 2.45) is 0 Å².